The van der Waals surface area contributed by atoms with Gasteiger partial charge in [-0.1, -0.05) is 18.2 Å². The van der Waals surface area contributed by atoms with Gasteiger partial charge in [-0.25, -0.2) is 8.78 Å². The number of hydrogen-bond donors (Lipinski definition) is 2. The van der Waals surface area contributed by atoms with Crippen LogP contribution in [0.5, 0.6) is 0 Å². The van der Waals surface area contributed by atoms with Crippen LogP contribution in [0.4, 0.5) is 8.78 Å². The van der Waals surface area contributed by atoms with Gasteiger partial charge in [-0.05, 0) is 48.2 Å². The lowest BCUT2D eigenvalue weighted by Gasteiger charge is -2.33. The Morgan fingerprint density at radius 2 is 1.77 bits per heavy atom. The molecule has 0 aromatic heterocycles. The van der Waals surface area contributed by atoms with Gasteiger partial charge < -0.3 is 10.6 Å². The van der Waals surface area contributed by atoms with E-state index in [1.807, 2.05) is 12.1 Å². The van der Waals surface area contributed by atoms with Crippen LogP contribution in [0.15, 0.2) is 47.5 Å². The Kier molecular flexibility index (Phi) is 9.46. The van der Waals surface area contributed by atoms with Gasteiger partial charge in [-0.15, -0.1) is 24.0 Å². The Morgan fingerprint density at radius 1 is 1.10 bits per heavy atom. The first-order chi connectivity index (χ1) is 14.1. The lowest BCUT2D eigenvalue weighted by molar-refractivity contribution is 0.198. The average Bonchev–Trinajstić information content (AvgIpc) is 2.75. The fraction of sp³-hybridized carbons (Fsp3) is 0.364. The predicted molar refractivity (Wildman–Crippen MR) is 125 cm³/mol. The van der Waals surface area contributed by atoms with E-state index >= 15 is 0 Å². The molecule has 0 spiro atoms. The van der Waals surface area contributed by atoms with Gasteiger partial charge in [0.2, 0.25) is 0 Å². The van der Waals surface area contributed by atoms with Crippen molar-refractivity contribution >= 4 is 29.9 Å². The van der Waals surface area contributed by atoms with Crippen LogP contribution in [-0.2, 0) is 13.1 Å². The van der Waals surface area contributed by atoms with E-state index in [4.69, 9.17) is 5.26 Å². The number of nitrogens with one attached hydrogen (secondary N) is 2. The molecule has 2 N–H and O–H groups in total. The molecule has 2 aromatic rings. The number of nitrogens with zero attached hydrogens (tertiary/aromatic N) is 3. The molecule has 0 aliphatic carbocycles. The smallest absolute Gasteiger partial charge is 0.191 e. The molecule has 0 bridgehead atoms. The molecule has 0 amide bonds. The fourth-order valence-corrected chi connectivity index (χ4v) is 3.40. The monoisotopic (exact) mass is 525 g/mol. The molecule has 0 atom stereocenters. The van der Waals surface area contributed by atoms with Crippen molar-refractivity contribution in [1.29, 1.82) is 5.26 Å². The second-order valence-corrected chi connectivity index (χ2v) is 7.18. The van der Waals surface area contributed by atoms with Crippen molar-refractivity contribution < 1.29 is 8.78 Å². The van der Waals surface area contributed by atoms with E-state index in [-0.39, 0.29) is 24.0 Å². The number of rotatable bonds is 5. The second-order valence-electron chi connectivity index (χ2n) is 7.18. The molecule has 1 aliphatic heterocycles. The highest BCUT2D eigenvalue weighted by Crippen LogP contribution is 2.16. The van der Waals surface area contributed by atoms with Crippen molar-refractivity contribution in [3.63, 3.8) is 0 Å². The Morgan fingerprint density at radius 3 is 2.37 bits per heavy atom. The first-order valence-electron chi connectivity index (χ1n) is 9.70. The third-order valence-electron chi connectivity index (χ3n) is 5.09. The van der Waals surface area contributed by atoms with Crippen LogP contribution < -0.4 is 10.6 Å². The molecule has 160 valence electrons. The van der Waals surface area contributed by atoms with Crippen LogP contribution in [0.25, 0.3) is 0 Å². The van der Waals surface area contributed by atoms with Gasteiger partial charge in [-0.3, -0.25) is 9.89 Å². The molecule has 0 saturated carbocycles. The maximum absolute atomic E-state index is 13.4. The number of guanidine groups is 1. The Balaban J connectivity index is 0.00000320. The van der Waals surface area contributed by atoms with Crippen LogP contribution >= 0.6 is 24.0 Å². The van der Waals surface area contributed by atoms with Gasteiger partial charge >= 0.3 is 0 Å². The molecular formula is C22H26F2IN5. The van der Waals surface area contributed by atoms with Gasteiger partial charge in [0.15, 0.2) is 17.6 Å². The zero-order valence-electron chi connectivity index (χ0n) is 16.9. The summed E-state index contributed by atoms with van der Waals surface area (Å²) in [5.41, 5.74) is 2.51. The molecule has 2 aromatic carbocycles. The van der Waals surface area contributed by atoms with Crippen LogP contribution in [0, 0.1) is 23.0 Å². The van der Waals surface area contributed by atoms with Crippen LogP contribution in [0.2, 0.25) is 0 Å². The lowest BCUT2D eigenvalue weighted by Crippen LogP contribution is -2.48. The minimum atomic E-state index is -0.809. The lowest BCUT2D eigenvalue weighted by atomic mass is 10.0. The number of nitriles is 1. The normalized spacial score (nSPS) is 15.2. The molecule has 1 heterocycles. The van der Waals surface area contributed by atoms with E-state index in [1.54, 1.807) is 25.2 Å². The van der Waals surface area contributed by atoms with Gasteiger partial charge in [0.25, 0.3) is 0 Å². The highest BCUT2D eigenvalue weighted by Gasteiger charge is 2.20. The minimum Gasteiger partial charge on any atom is -0.354 e. The number of piperidine rings is 1. The van der Waals surface area contributed by atoms with Gasteiger partial charge in [-0.2, -0.15) is 5.26 Å². The first kappa shape index (κ1) is 24.0. The summed E-state index contributed by atoms with van der Waals surface area (Å²) in [6.07, 6.45) is 1.89. The molecule has 3 rings (SSSR count). The zero-order valence-corrected chi connectivity index (χ0v) is 19.2. The van der Waals surface area contributed by atoms with Crippen LogP contribution in [-0.4, -0.2) is 37.0 Å². The molecular weight excluding hydrogens is 499 g/mol. The average molecular weight is 525 g/mol. The summed E-state index contributed by atoms with van der Waals surface area (Å²) in [4.78, 5) is 6.53. The Hall–Kier alpha value is -2.25. The first-order valence-corrected chi connectivity index (χ1v) is 9.70. The van der Waals surface area contributed by atoms with E-state index in [0.29, 0.717) is 24.7 Å². The molecule has 1 saturated heterocycles. The molecule has 8 heteroatoms. The third-order valence-corrected chi connectivity index (χ3v) is 5.09. The van der Waals surface area contributed by atoms with Crippen molar-refractivity contribution in [2.75, 3.05) is 20.1 Å². The van der Waals surface area contributed by atoms with Crippen molar-refractivity contribution in [2.24, 2.45) is 4.99 Å². The summed E-state index contributed by atoms with van der Waals surface area (Å²) in [6.45, 7) is 3.00. The number of aliphatic imine (C=N–C) groups is 1. The van der Waals surface area contributed by atoms with E-state index in [1.165, 1.54) is 12.1 Å². The van der Waals surface area contributed by atoms with Crippen molar-refractivity contribution in [1.82, 2.24) is 15.5 Å². The molecule has 1 fully saturated rings. The summed E-state index contributed by atoms with van der Waals surface area (Å²) >= 11 is 0. The number of benzene rings is 2. The second kappa shape index (κ2) is 11.8. The van der Waals surface area contributed by atoms with Crippen molar-refractivity contribution in [2.45, 2.75) is 32.0 Å². The van der Waals surface area contributed by atoms with Gasteiger partial charge in [0.1, 0.15) is 0 Å². The van der Waals surface area contributed by atoms with Crippen molar-refractivity contribution in [3.8, 4) is 6.07 Å². The molecule has 0 unspecified atom stereocenters. The summed E-state index contributed by atoms with van der Waals surface area (Å²) in [5, 5.41) is 15.6. The quantitative estimate of drug-likeness (QED) is 0.355. The van der Waals surface area contributed by atoms with Gasteiger partial charge in [0, 0.05) is 39.3 Å². The van der Waals surface area contributed by atoms with Crippen LogP contribution in [0.1, 0.15) is 29.5 Å². The minimum absolute atomic E-state index is 0. The molecule has 30 heavy (non-hydrogen) atoms. The summed E-state index contributed by atoms with van der Waals surface area (Å²) in [5.74, 6) is -0.860. The molecule has 0 radical (unpaired) electrons. The molecule has 1 aliphatic rings. The van der Waals surface area contributed by atoms with E-state index in [9.17, 15) is 8.78 Å². The maximum atomic E-state index is 13.4. The van der Waals surface area contributed by atoms with Crippen molar-refractivity contribution in [3.05, 3.63) is 70.8 Å². The zero-order chi connectivity index (χ0) is 20.6. The number of halogens is 3. The van der Waals surface area contributed by atoms with Gasteiger partial charge in [0.05, 0.1) is 11.6 Å². The highest BCUT2D eigenvalue weighted by atomic mass is 127. The SMILES string of the molecule is CN=C(NCc1ccc(C#N)cc1)NC1CCN(Cc2ccc(F)c(F)c2)CC1.I. The standard InChI is InChI=1S/C22H25F2N5.HI/c1-26-22(27-14-17-4-2-16(13-25)3-5-17)28-19-8-10-29(11-9-19)15-18-6-7-20(23)21(24)12-18;/h2-7,12,19H,8-11,14-15H2,1H3,(H2,26,27,28);1H. The maximum Gasteiger partial charge on any atom is 0.191 e. The predicted octanol–water partition coefficient (Wildman–Crippen LogP) is 3.78. The molecule has 5 nitrogen and oxygen atoms in total. The van der Waals surface area contributed by atoms with E-state index in [2.05, 4.69) is 26.6 Å². The Labute approximate surface area is 193 Å². The summed E-state index contributed by atoms with van der Waals surface area (Å²) in [7, 11) is 1.74. The van der Waals surface area contributed by atoms with E-state index in [0.717, 1.165) is 43.0 Å². The summed E-state index contributed by atoms with van der Waals surface area (Å²) < 4.78 is 26.4. The number of hydrogen-bond acceptors (Lipinski definition) is 3. The third kappa shape index (κ3) is 6.92. The number of likely N-dealkylation sites (tertiary alicyclic amines) is 1. The Bertz CT molecular complexity index is 887. The fourth-order valence-electron chi connectivity index (χ4n) is 3.40. The largest absolute Gasteiger partial charge is 0.354 e. The summed E-state index contributed by atoms with van der Waals surface area (Å²) in [6, 6.07) is 14.0. The van der Waals surface area contributed by atoms with Crippen LogP contribution in [0.3, 0.4) is 0 Å². The van der Waals surface area contributed by atoms with E-state index < -0.39 is 11.6 Å². The highest BCUT2D eigenvalue weighted by molar-refractivity contribution is 14.0. The topological polar surface area (TPSA) is 63.5 Å².